The van der Waals surface area contributed by atoms with Gasteiger partial charge in [0.2, 0.25) is 5.95 Å². The van der Waals surface area contributed by atoms with Crippen molar-refractivity contribution in [2.45, 2.75) is 13.3 Å². The van der Waals surface area contributed by atoms with Crippen LogP contribution in [0.15, 0.2) is 23.8 Å². The molecule has 0 N–H and O–H groups in total. The van der Waals surface area contributed by atoms with Crippen molar-refractivity contribution >= 4 is 11.3 Å². The molecule has 0 fully saturated rings. The first-order valence-electron chi connectivity index (χ1n) is 4.89. The van der Waals surface area contributed by atoms with Gasteiger partial charge in [-0.15, -0.1) is 11.3 Å². The summed E-state index contributed by atoms with van der Waals surface area (Å²) in [6.07, 6.45) is 2.20. The van der Waals surface area contributed by atoms with Crippen molar-refractivity contribution in [2.24, 2.45) is 0 Å². The van der Waals surface area contributed by atoms with E-state index in [0.717, 1.165) is 12.1 Å². The standard InChI is InChI=1S/C11H11FN2OS/c1-8-10(16-7-14-8)4-5-15-9-2-3-11(12)13-6-9/h2-3,6-7H,4-5H2,1H3. The van der Waals surface area contributed by atoms with Crippen molar-refractivity contribution in [3.05, 3.63) is 40.4 Å². The van der Waals surface area contributed by atoms with Crippen LogP contribution in [0.1, 0.15) is 10.6 Å². The number of thiazole rings is 1. The van der Waals surface area contributed by atoms with Crippen molar-refractivity contribution in [1.29, 1.82) is 0 Å². The fraction of sp³-hybridized carbons (Fsp3) is 0.273. The number of halogens is 1. The van der Waals surface area contributed by atoms with Crippen LogP contribution in [0.25, 0.3) is 0 Å². The fourth-order valence-electron chi connectivity index (χ4n) is 1.28. The maximum atomic E-state index is 12.5. The van der Waals surface area contributed by atoms with Crippen molar-refractivity contribution in [3.63, 3.8) is 0 Å². The molecule has 2 heterocycles. The summed E-state index contributed by atoms with van der Waals surface area (Å²) in [7, 11) is 0. The van der Waals surface area contributed by atoms with Crippen LogP contribution in [0.5, 0.6) is 5.75 Å². The average Bonchev–Trinajstić information content (AvgIpc) is 2.68. The number of ether oxygens (including phenoxy) is 1. The molecule has 0 bridgehead atoms. The van der Waals surface area contributed by atoms with E-state index in [1.807, 2.05) is 12.4 Å². The van der Waals surface area contributed by atoms with Gasteiger partial charge in [0.15, 0.2) is 0 Å². The Labute approximate surface area is 96.9 Å². The van der Waals surface area contributed by atoms with Gasteiger partial charge in [-0.3, -0.25) is 0 Å². The minimum Gasteiger partial charge on any atom is -0.492 e. The second-order valence-corrected chi connectivity index (χ2v) is 4.22. The topological polar surface area (TPSA) is 35.0 Å². The van der Waals surface area contributed by atoms with Crippen molar-refractivity contribution in [1.82, 2.24) is 9.97 Å². The Hall–Kier alpha value is -1.49. The molecule has 0 aromatic carbocycles. The highest BCUT2D eigenvalue weighted by molar-refractivity contribution is 7.09. The molecule has 2 rings (SSSR count). The number of pyridine rings is 1. The van der Waals surface area contributed by atoms with Gasteiger partial charge >= 0.3 is 0 Å². The van der Waals surface area contributed by atoms with E-state index in [4.69, 9.17) is 4.74 Å². The Morgan fingerprint density at radius 1 is 1.38 bits per heavy atom. The Morgan fingerprint density at radius 3 is 2.88 bits per heavy atom. The first-order valence-corrected chi connectivity index (χ1v) is 5.77. The van der Waals surface area contributed by atoms with Gasteiger partial charge < -0.3 is 4.74 Å². The molecule has 2 aromatic heterocycles. The third kappa shape index (κ3) is 2.76. The predicted molar refractivity (Wildman–Crippen MR) is 60.2 cm³/mol. The van der Waals surface area contributed by atoms with E-state index in [-0.39, 0.29) is 0 Å². The summed E-state index contributed by atoms with van der Waals surface area (Å²) in [4.78, 5) is 8.88. The van der Waals surface area contributed by atoms with E-state index in [1.54, 1.807) is 17.4 Å². The molecule has 5 heteroatoms. The summed E-state index contributed by atoms with van der Waals surface area (Å²) in [5.41, 5.74) is 2.87. The lowest BCUT2D eigenvalue weighted by atomic mass is 10.3. The highest BCUT2D eigenvalue weighted by Crippen LogP contribution is 2.14. The van der Waals surface area contributed by atoms with Crippen LogP contribution < -0.4 is 4.74 Å². The maximum absolute atomic E-state index is 12.5. The first kappa shape index (κ1) is 11.0. The molecule has 0 aliphatic carbocycles. The smallest absolute Gasteiger partial charge is 0.213 e. The van der Waals surface area contributed by atoms with Gasteiger partial charge in [0.1, 0.15) is 5.75 Å². The zero-order valence-corrected chi connectivity index (χ0v) is 9.63. The van der Waals surface area contributed by atoms with Gasteiger partial charge in [0.05, 0.1) is 24.0 Å². The zero-order valence-electron chi connectivity index (χ0n) is 8.81. The maximum Gasteiger partial charge on any atom is 0.213 e. The molecule has 0 saturated carbocycles. The molecule has 0 unspecified atom stereocenters. The van der Waals surface area contributed by atoms with Crippen LogP contribution in [0.3, 0.4) is 0 Å². The molecule has 0 saturated heterocycles. The van der Waals surface area contributed by atoms with Crippen LogP contribution in [0, 0.1) is 12.9 Å². The van der Waals surface area contributed by atoms with E-state index in [2.05, 4.69) is 9.97 Å². The average molecular weight is 238 g/mol. The molecule has 16 heavy (non-hydrogen) atoms. The highest BCUT2D eigenvalue weighted by atomic mass is 32.1. The molecule has 0 radical (unpaired) electrons. The third-order valence-electron chi connectivity index (χ3n) is 2.14. The molecular weight excluding hydrogens is 227 g/mol. The number of hydrogen-bond donors (Lipinski definition) is 0. The van der Waals surface area contributed by atoms with Crippen LogP contribution in [-0.4, -0.2) is 16.6 Å². The molecule has 0 aliphatic rings. The van der Waals surface area contributed by atoms with Crippen LogP contribution in [0.2, 0.25) is 0 Å². The number of aromatic nitrogens is 2. The van der Waals surface area contributed by atoms with Crippen molar-refractivity contribution in [2.75, 3.05) is 6.61 Å². The summed E-state index contributed by atoms with van der Waals surface area (Å²) in [6, 6.07) is 2.86. The lowest BCUT2D eigenvalue weighted by Gasteiger charge is -2.04. The largest absolute Gasteiger partial charge is 0.492 e. The Morgan fingerprint density at radius 2 is 2.25 bits per heavy atom. The van der Waals surface area contributed by atoms with E-state index in [0.29, 0.717) is 12.4 Å². The number of nitrogens with zero attached hydrogens (tertiary/aromatic N) is 2. The molecule has 0 atom stereocenters. The SMILES string of the molecule is Cc1ncsc1CCOc1ccc(F)nc1. The highest BCUT2D eigenvalue weighted by Gasteiger charge is 2.02. The van der Waals surface area contributed by atoms with Gasteiger partial charge in [-0.05, 0) is 19.1 Å². The molecule has 2 aromatic rings. The monoisotopic (exact) mass is 238 g/mol. The second-order valence-electron chi connectivity index (χ2n) is 3.28. The van der Waals surface area contributed by atoms with Gasteiger partial charge in [0, 0.05) is 11.3 Å². The third-order valence-corrected chi connectivity index (χ3v) is 3.14. The number of rotatable bonds is 4. The van der Waals surface area contributed by atoms with Gasteiger partial charge in [-0.1, -0.05) is 0 Å². The van der Waals surface area contributed by atoms with Gasteiger partial charge in [-0.25, -0.2) is 9.97 Å². The van der Waals surface area contributed by atoms with Crippen molar-refractivity contribution in [3.8, 4) is 5.75 Å². The Balaban J connectivity index is 1.84. The summed E-state index contributed by atoms with van der Waals surface area (Å²) in [5.74, 6) is 0.0919. The summed E-state index contributed by atoms with van der Waals surface area (Å²) in [5, 5.41) is 0. The molecular formula is C11H11FN2OS. The van der Waals surface area contributed by atoms with E-state index in [1.165, 1.54) is 17.1 Å². The second kappa shape index (κ2) is 5.03. The Bertz CT molecular complexity index is 455. The Kier molecular flexibility index (Phi) is 3.46. The van der Waals surface area contributed by atoms with Crippen LogP contribution in [-0.2, 0) is 6.42 Å². The number of aryl methyl sites for hydroxylation is 1. The van der Waals surface area contributed by atoms with Crippen LogP contribution in [0.4, 0.5) is 4.39 Å². The first-order chi connectivity index (χ1) is 7.75. The summed E-state index contributed by atoms with van der Waals surface area (Å²) < 4.78 is 18.0. The summed E-state index contributed by atoms with van der Waals surface area (Å²) in [6.45, 7) is 2.53. The molecule has 0 spiro atoms. The van der Waals surface area contributed by atoms with Gasteiger partial charge in [0.25, 0.3) is 0 Å². The minimum absolute atomic E-state index is 0.495. The lowest BCUT2D eigenvalue weighted by molar-refractivity contribution is 0.320. The predicted octanol–water partition coefficient (Wildman–Crippen LogP) is 2.61. The lowest BCUT2D eigenvalue weighted by Crippen LogP contribution is -2.01. The molecule has 3 nitrogen and oxygen atoms in total. The zero-order chi connectivity index (χ0) is 11.4. The fourth-order valence-corrected chi connectivity index (χ4v) is 2.04. The van der Waals surface area contributed by atoms with Crippen molar-refractivity contribution < 1.29 is 9.13 Å². The van der Waals surface area contributed by atoms with E-state index < -0.39 is 5.95 Å². The molecule has 0 amide bonds. The quantitative estimate of drug-likeness (QED) is 0.768. The molecule has 0 aliphatic heterocycles. The van der Waals surface area contributed by atoms with Gasteiger partial charge in [-0.2, -0.15) is 4.39 Å². The van der Waals surface area contributed by atoms with E-state index >= 15 is 0 Å². The van der Waals surface area contributed by atoms with Crippen LogP contribution >= 0.6 is 11.3 Å². The van der Waals surface area contributed by atoms with E-state index in [9.17, 15) is 4.39 Å². The normalized spacial score (nSPS) is 10.4. The number of hydrogen-bond acceptors (Lipinski definition) is 4. The summed E-state index contributed by atoms with van der Waals surface area (Å²) >= 11 is 1.62. The molecule has 84 valence electrons. The minimum atomic E-state index is -0.495.